The highest BCUT2D eigenvalue weighted by Crippen LogP contribution is 2.30. The molecule has 0 aromatic heterocycles. The Bertz CT molecular complexity index is 760. The lowest BCUT2D eigenvalue weighted by molar-refractivity contribution is -0.136. The molecule has 7 nitrogen and oxygen atoms in total. The second-order valence-corrected chi connectivity index (χ2v) is 8.66. The zero-order chi connectivity index (χ0) is 20.4. The van der Waals surface area contributed by atoms with E-state index in [2.05, 4.69) is 35.5 Å². The minimum absolute atomic E-state index is 0.0138. The molecule has 2 N–H and O–H groups in total. The Labute approximate surface area is 172 Å². The number of fused-ring (bicyclic) bond motifs is 1. The van der Waals surface area contributed by atoms with Crippen molar-refractivity contribution in [1.29, 1.82) is 0 Å². The van der Waals surface area contributed by atoms with Crippen LogP contribution in [0.2, 0.25) is 0 Å². The molecule has 1 aromatic rings. The molecular weight excluding hydrogens is 368 g/mol. The van der Waals surface area contributed by atoms with Gasteiger partial charge in [-0.1, -0.05) is 6.07 Å². The number of likely N-dealkylation sites (N-methyl/N-ethyl adjacent to an activating group) is 1. The molecule has 29 heavy (non-hydrogen) atoms. The smallest absolute Gasteiger partial charge is 0.324 e. The number of rotatable bonds is 5. The molecule has 1 aliphatic carbocycles. The first-order valence-electron chi connectivity index (χ1n) is 10.8. The van der Waals surface area contributed by atoms with Crippen molar-refractivity contribution in [3.05, 3.63) is 29.3 Å². The number of hydrogen-bond donors (Lipinski definition) is 2. The third-order valence-corrected chi connectivity index (χ3v) is 6.75. The molecule has 0 spiro atoms. The first kappa shape index (κ1) is 20.2. The van der Waals surface area contributed by atoms with Crippen LogP contribution in [0.3, 0.4) is 0 Å². The number of carbonyl (C=O) groups excluding carboxylic acids is 1. The normalized spacial score (nSPS) is 25.8. The van der Waals surface area contributed by atoms with Crippen LogP contribution in [-0.2, 0) is 17.6 Å². The molecule has 0 atom stereocenters. The monoisotopic (exact) mass is 400 g/mol. The van der Waals surface area contributed by atoms with Crippen molar-refractivity contribution in [3.63, 3.8) is 0 Å². The Morgan fingerprint density at radius 2 is 1.79 bits per heavy atom. The van der Waals surface area contributed by atoms with E-state index in [0.29, 0.717) is 0 Å². The number of anilines is 1. The number of aliphatic carboxylic acids is 1. The lowest BCUT2D eigenvalue weighted by Crippen LogP contribution is -2.45. The van der Waals surface area contributed by atoms with Crippen LogP contribution in [0.1, 0.15) is 36.8 Å². The first-order chi connectivity index (χ1) is 14.0. The summed E-state index contributed by atoms with van der Waals surface area (Å²) >= 11 is 0. The van der Waals surface area contributed by atoms with Crippen LogP contribution < -0.4 is 10.2 Å². The fraction of sp³-hybridized carbons (Fsp3) is 0.636. The maximum absolute atomic E-state index is 13.1. The van der Waals surface area contributed by atoms with Crippen molar-refractivity contribution in [2.75, 3.05) is 44.7 Å². The standard InChI is InChI=1S/C22H32N4O3/c1-24-10-8-16-2-5-20(14-17(16)9-11-24)26-13-12-25(22(26)29)19-6-3-18(4-7-19)23-15-21(27)28/h2,5,14,18-19,23H,3-4,6-13,15H2,1H3,(H,27,28). The number of amides is 2. The Balaban J connectivity index is 1.37. The topological polar surface area (TPSA) is 76.1 Å². The van der Waals surface area contributed by atoms with Crippen LogP contribution in [0.4, 0.5) is 10.5 Å². The summed E-state index contributed by atoms with van der Waals surface area (Å²) in [7, 11) is 2.17. The van der Waals surface area contributed by atoms with E-state index in [-0.39, 0.29) is 24.7 Å². The number of nitrogens with one attached hydrogen (secondary N) is 1. The van der Waals surface area contributed by atoms with Crippen molar-refractivity contribution in [2.45, 2.75) is 50.6 Å². The van der Waals surface area contributed by atoms with Gasteiger partial charge in [-0.15, -0.1) is 0 Å². The van der Waals surface area contributed by atoms with E-state index >= 15 is 0 Å². The summed E-state index contributed by atoms with van der Waals surface area (Å²) in [5, 5.41) is 11.9. The molecule has 2 heterocycles. The summed E-state index contributed by atoms with van der Waals surface area (Å²) in [6, 6.07) is 7.18. The van der Waals surface area contributed by atoms with E-state index in [1.807, 2.05) is 9.80 Å². The average Bonchev–Trinajstić information content (AvgIpc) is 3.00. The number of carboxylic acid groups (broad SMARTS) is 1. The zero-order valence-corrected chi connectivity index (χ0v) is 17.3. The highest BCUT2D eigenvalue weighted by atomic mass is 16.4. The number of carbonyl (C=O) groups is 2. The summed E-state index contributed by atoms with van der Waals surface area (Å²) in [4.78, 5) is 30.2. The largest absolute Gasteiger partial charge is 0.480 e. The lowest BCUT2D eigenvalue weighted by Gasteiger charge is -2.34. The van der Waals surface area contributed by atoms with Gasteiger partial charge in [-0.3, -0.25) is 9.69 Å². The molecule has 2 amide bonds. The van der Waals surface area contributed by atoms with Crippen LogP contribution in [-0.4, -0.2) is 78.8 Å². The van der Waals surface area contributed by atoms with E-state index in [1.165, 1.54) is 11.1 Å². The van der Waals surface area contributed by atoms with Crippen LogP contribution in [0, 0.1) is 0 Å². The van der Waals surface area contributed by atoms with E-state index in [1.54, 1.807) is 0 Å². The zero-order valence-electron chi connectivity index (χ0n) is 17.3. The first-order valence-corrected chi connectivity index (χ1v) is 10.8. The number of benzene rings is 1. The molecule has 0 unspecified atom stereocenters. The highest BCUT2D eigenvalue weighted by Gasteiger charge is 2.36. The molecule has 2 aliphatic heterocycles. The molecule has 1 saturated carbocycles. The van der Waals surface area contributed by atoms with Gasteiger partial charge in [-0.05, 0) is 68.8 Å². The Morgan fingerprint density at radius 1 is 1.07 bits per heavy atom. The fourth-order valence-corrected chi connectivity index (χ4v) is 4.95. The van der Waals surface area contributed by atoms with Gasteiger partial charge in [0.1, 0.15) is 0 Å². The van der Waals surface area contributed by atoms with Gasteiger partial charge in [-0.2, -0.15) is 0 Å². The second kappa shape index (κ2) is 8.71. The van der Waals surface area contributed by atoms with Crippen LogP contribution in [0.15, 0.2) is 18.2 Å². The predicted octanol–water partition coefficient (Wildman–Crippen LogP) is 1.94. The molecule has 2 fully saturated rings. The van der Waals surface area contributed by atoms with Gasteiger partial charge in [0.15, 0.2) is 0 Å². The highest BCUT2D eigenvalue weighted by molar-refractivity contribution is 5.94. The molecule has 0 bridgehead atoms. The Morgan fingerprint density at radius 3 is 2.52 bits per heavy atom. The van der Waals surface area contributed by atoms with Crippen LogP contribution >= 0.6 is 0 Å². The third-order valence-electron chi connectivity index (χ3n) is 6.75. The van der Waals surface area contributed by atoms with Gasteiger partial charge in [0, 0.05) is 44.0 Å². The van der Waals surface area contributed by atoms with Gasteiger partial charge in [0.2, 0.25) is 0 Å². The SMILES string of the molecule is CN1CCc2ccc(N3CCN(C4CCC(NCC(=O)O)CC4)C3=O)cc2CC1. The van der Waals surface area contributed by atoms with Gasteiger partial charge in [-0.25, -0.2) is 4.79 Å². The van der Waals surface area contributed by atoms with Crippen molar-refractivity contribution in [1.82, 2.24) is 15.1 Å². The van der Waals surface area contributed by atoms with E-state index < -0.39 is 5.97 Å². The maximum atomic E-state index is 13.1. The van der Waals surface area contributed by atoms with Crippen molar-refractivity contribution in [2.24, 2.45) is 0 Å². The summed E-state index contributed by atoms with van der Waals surface area (Å²) < 4.78 is 0. The Kier molecular flexibility index (Phi) is 6.06. The van der Waals surface area contributed by atoms with E-state index in [0.717, 1.165) is 70.4 Å². The van der Waals surface area contributed by atoms with Gasteiger partial charge in [0.05, 0.1) is 6.54 Å². The van der Waals surface area contributed by atoms with Crippen molar-refractivity contribution in [3.8, 4) is 0 Å². The molecule has 7 heteroatoms. The average molecular weight is 401 g/mol. The number of hydrogen-bond acceptors (Lipinski definition) is 4. The van der Waals surface area contributed by atoms with Crippen LogP contribution in [0.25, 0.3) is 0 Å². The molecule has 158 valence electrons. The maximum Gasteiger partial charge on any atom is 0.324 e. The molecular formula is C22H32N4O3. The van der Waals surface area contributed by atoms with Gasteiger partial charge < -0.3 is 20.2 Å². The quantitative estimate of drug-likeness (QED) is 0.790. The van der Waals surface area contributed by atoms with Crippen LogP contribution in [0.5, 0.6) is 0 Å². The minimum Gasteiger partial charge on any atom is -0.480 e. The third kappa shape index (κ3) is 4.56. The predicted molar refractivity (Wildman–Crippen MR) is 112 cm³/mol. The lowest BCUT2D eigenvalue weighted by atomic mass is 9.90. The van der Waals surface area contributed by atoms with E-state index in [4.69, 9.17) is 5.11 Å². The fourth-order valence-electron chi connectivity index (χ4n) is 4.95. The second-order valence-electron chi connectivity index (χ2n) is 8.66. The molecule has 4 rings (SSSR count). The number of urea groups is 1. The summed E-state index contributed by atoms with van der Waals surface area (Å²) in [5.74, 6) is -0.815. The van der Waals surface area contributed by atoms with Gasteiger partial charge in [0.25, 0.3) is 0 Å². The molecule has 1 aromatic carbocycles. The van der Waals surface area contributed by atoms with E-state index in [9.17, 15) is 9.59 Å². The molecule has 3 aliphatic rings. The summed E-state index contributed by atoms with van der Waals surface area (Å²) in [6.07, 6.45) is 5.84. The number of nitrogens with zero attached hydrogens (tertiary/aromatic N) is 3. The summed E-state index contributed by atoms with van der Waals surface area (Å²) in [5.41, 5.74) is 3.81. The Hall–Kier alpha value is -2.12. The minimum atomic E-state index is -0.815. The van der Waals surface area contributed by atoms with Gasteiger partial charge >= 0.3 is 12.0 Å². The van der Waals surface area contributed by atoms with Crippen molar-refractivity contribution < 1.29 is 14.7 Å². The molecule has 1 saturated heterocycles. The molecule has 0 radical (unpaired) electrons. The number of carboxylic acids is 1. The summed E-state index contributed by atoms with van der Waals surface area (Å²) in [6.45, 7) is 3.69. The van der Waals surface area contributed by atoms with Crippen molar-refractivity contribution >= 4 is 17.7 Å².